The highest BCUT2D eigenvalue weighted by Crippen LogP contribution is 2.35. The number of nitro benzene ring substituents is 1. The van der Waals surface area contributed by atoms with E-state index < -0.39 is 11.0 Å². The lowest BCUT2D eigenvalue weighted by atomic mass is 10.1. The second kappa shape index (κ2) is 6.56. The van der Waals surface area contributed by atoms with Gasteiger partial charge in [-0.15, -0.1) is 0 Å². The molecule has 0 saturated heterocycles. The number of aliphatic hydroxyl groups is 1. The van der Waals surface area contributed by atoms with Crippen LogP contribution >= 0.6 is 11.6 Å². The van der Waals surface area contributed by atoms with Crippen LogP contribution in [0.3, 0.4) is 0 Å². The van der Waals surface area contributed by atoms with Gasteiger partial charge >= 0.3 is 0 Å². The van der Waals surface area contributed by atoms with Crippen LogP contribution in [0, 0.1) is 10.1 Å². The third kappa shape index (κ3) is 3.51. The first-order chi connectivity index (χ1) is 10.0. The van der Waals surface area contributed by atoms with Gasteiger partial charge < -0.3 is 9.84 Å². The molecule has 0 aliphatic carbocycles. The number of rotatable bonds is 5. The van der Waals surface area contributed by atoms with E-state index in [4.69, 9.17) is 16.3 Å². The van der Waals surface area contributed by atoms with Gasteiger partial charge in [0, 0.05) is 17.7 Å². The number of nitrogens with zero attached hydrogens (tertiary/aromatic N) is 1. The Kier molecular flexibility index (Phi) is 4.77. The van der Waals surface area contributed by atoms with Crippen molar-refractivity contribution in [1.29, 1.82) is 0 Å². The second-order valence-corrected chi connectivity index (χ2v) is 4.84. The maximum atomic E-state index is 10.7. The van der Waals surface area contributed by atoms with E-state index in [2.05, 4.69) is 0 Å². The van der Waals surface area contributed by atoms with Crippen LogP contribution in [0.5, 0.6) is 11.5 Å². The summed E-state index contributed by atoms with van der Waals surface area (Å²) in [7, 11) is 0. The Morgan fingerprint density at radius 2 is 2.00 bits per heavy atom. The highest BCUT2D eigenvalue weighted by atomic mass is 35.5. The van der Waals surface area contributed by atoms with E-state index in [1.54, 1.807) is 24.3 Å². The third-order valence-electron chi connectivity index (χ3n) is 3.01. The van der Waals surface area contributed by atoms with Crippen molar-refractivity contribution in [3.8, 4) is 11.5 Å². The van der Waals surface area contributed by atoms with Crippen molar-refractivity contribution in [3.63, 3.8) is 0 Å². The zero-order chi connectivity index (χ0) is 15.4. The first-order valence-electron chi connectivity index (χ1n) is 6.41. The van der Waals surface area contributed by atoms with Gasteiger partial charge in [-0.3, -0.25) is 10.1 Å². The van der Waals surface area contributed by atoms with Crippen LogP contribution in [-0.2, 0) is 0 Å². The Bertz CT molecular complexity index is 660. The fourth-order valence-corrected chi connectivity index (χ4v) is 2.09. The summed E-state index contributed by atoms with van der Waals surface area (Å²) in [6, 6.07) is 11.1. The number of benzene rings is 2. The van der Waals surface area contributed by atoms with Crippen LogP contribution in [0.1, 0.15) is 25.0 Å². The lowest BCUT2D eigenvalue weighted by molar-refractivity contribution is -0.384. The lowest BCUT2D eigenvalue weighted by Gasteiger charge is -2.15. The maximum absolute atomic E-state index is 10.7. The SMILES string of the molecule is CC[C@H](O)c1ccccc1Oc1ccc([N+](=O)[O-])cc1Cl. The number of ether oxygens (including phenoxy) is 1. The Labute approximate surface area is 126 Å². The van der Waals surface area contributed by atoms with Gasteiger partial charge in [0.2, 0.25) is 0 Å². The molecule has 2 rings (SSSR count). The van der Waals surface area contributed by atoms with E-state index in [9.17, 15) is 15.2 Å². The van der Waals surface area contributed by atoms with Crippen LogP contribution < -0.4 is 4.74 Å². The predicted octanol–water partition coefficient (Wildman–Crippen LogP) is 4.48. The van der Waals surface area contributed by atoms with E-state index in [0.717, 1.165) is 0 Å². The van der Waals surface area contributed by atoms with E-state index >= 15 is 0 Å². The smallest absolute Gasteiger partial charge is 0.271 e. The quantitative estimate of drug-likeness (QED) is 0.652. The molecule has 1 atom stereocenters. The number of nitro groups is 1. The molecule has 2 aromatic rings. The third-order valence-corrected chi connectivity index (χ3v) is 3.31. The molecule has 5 nitrogen and oxygen atoms in total. The Morgan fingerprint density at radius 1 is 1.29 bits per heavy atom. The molecule has 2 aromatic carbocycles. The van der Waals surface area contributed by atoms with Crippen molar-refractivity contribution in [2.24, 2.45) is 0 Å². The summed E-state index contributed by atoms with van der Waals surface area (Å²) in [5, 5.41) is 20.8. The monoisotopic (exact) mass is 307 g/mol. The molecule has 6 heteroatoms. The zero-order valence-corrected chi connectivity index (χ0v) is 12.1. The average Bonchev–Trinajstić information content (AvgIpc) is 2.49. The van der Waals surface area contributed by atoms with Gasteiger partial charge in [-0.1, -0.05) is 36.7 Å². The molecule has 1 N–H and O–H groups in total. The van der Waals surface area contributed by atoms with Crippen molar-refractivity contribution in [1.82, 2.24) is 0 Å². The van der Waals surface area contributed by atoms with E-state index in [0.29, 0.717) is 23.5 Å². The number of para-hydroxylation sites is 1. The number of hydrogen-bond acceptors (Lipinski definition) is 4. The van der Waals surface area contributed by atoms with Crippen LogP contribution in [0.2, 0.25) is 5.02 Å². The summed E-state index contributed by atoms with van der Waals surface area (Å²) < 4.78 is 5.68. The maximum Gasteiger partial charge on any atom is 0.271 e. The molecule has 0 radical (unpaired) electrons. The highest BCUT2D eigenvalue weighted by Gasteiger charge is 2.15. The highest BCUT2D eigenvalue weighted by molar-refractivity contribution is 6.32. The molecule has 0 saturated carbocycles. The first-order valence-corrected chi connectivity index (χ1v) is 6.79. The van der Waals surface area contributed by atoms with Crippen molar-refractivity contribution in [2.45, 2.75) is 19.4 Å². The molecule has 0 fully saturated rings. The molecular weight excluding hydrogens is 294 g/mol. The fourth-order valence-electron chi connectivity index (χ4n) is 1.87. The second-order valence-electron chi connectivity index (χ2n) is 4.44. The Hall–Kier alpha value is -2.11. The minimum atomic E-state index is -0.641. The topological polar surface area (TPSA) is 72.6 Å². The van der Waals surface area contributed by atoms with Gasteiger partial charge in [0.15, 0.2) is 0 Å². The first kappa shape index (κ1) is 15.3. The number of non-ortho nitro benzene ring substituents is 1. The molecule has 21 heavy (non-hydrogen) atoms. The molecule has 110 valence electrons. The van der Waals surface area contributed by atoms with Crippen LogP contribution in [0.4, 0.5) is 5.69 Å². The van der Waals surface area contributed by atoms with Crippen LogP contribution in [0.15, 0.2) is 42.5 Å². The molecule has 0 spiro atoms. The molecule has 0 heterocycles. The van der Waals surface area contributed by atoms with Crippen LogP contribution in [0.25, 0.3) is 0 Å². The summed E-state index contributed by atoms with van der Waals surface area (Å²) in [4.78, 5) is 10.2. The van der Waals surface area contributed by atoms with Gasteiger partial charge in [0.1, 0.15) is 11.5 Å². The van der Waals surface area contributed by atoms with Crippen molar-refractivity contribution < 1.29 is 14.8 Å². The Morgan fingerprint density at radius 3 is 2.62 bits per heavy atom. The van der Waals surface area contributed by atoms with Crippen molar-refractivity contribution in [3.05, 3.63) is 63.2 Å². The standard InChI is InChI=1S/C15H14ClNO4/c1-2-13(18)11-5-3-4-6-14(11)21-15-8-7-10(17(19)20)9-12(15)16/h3-9,13,18H,2H2,1H3/t13-/m0/s1. The fraction of sp³-hybridized carbons (Fsp3) is 0.200. The largest absolute Gasteiger partial charge is 0.455 e. The zero-order valence-electron chi connectivity index (χ0n) is 11.3. The summed E-state index contributed by atoms with van der Waals surface area (Å²) in [5.41, 5.74) is 0.545. The minimum absolute atomic E-state index is 0.103. The number of halogens is 1. The number of hydrogen-bond donors (Lipinski definition) is 1. The van der Waals surface area contributed by atoms with E-state index in [1.165, 1.54) is 18.2 Å². The predicted molar refractivity (Wildman–Crippen MR) is 79.9 cm³/mol. The average molecular weight is 308 g/mol. The molecule has 0 aliphatic heterocycles. The normalized spacial score (nSPS) is 12.0. The van der Waals surface area contributed by atoms with Gasteiger partial charge in [0.25, 0.3) is 5.69 Å². The molecular formula is C15H14ClNO4. The molecule has 0 aliphatic rings. The van der Waals surface area contributed by atoms with E-state index in [-0.39, 0.29) is 10.7 Å². The van der Waals surface area contributed by atoms with E-state index in [1.807, 2.05) is 6.92 Å². The van der Waals surface area contributed by atoms with Crippen molar-refractivity contribution >= 4 is 17.3 Å². The van der Waals surface area contributed by atoms with Gasteiger partial charge in [-0.25, -0.2) is 0 Å². The van der Waals surface area contributed by atoms with Crippen molar-refractivity contribution in [2.75, 3.05) is 0 Å². The molecule has 0 bridgehead atoms. The minimum Gasteiger partial charge on any atom is -0.455 e. The summed E-state index contributed by atoms with van der Waals surface area (Å²) in [5.74, 6) is 0.778. The Balaban J connectivity index is 2.33. The number of aliphatic hydroxyl groups excluding tert-OH is 1. The lowest BCUT2D eigenvalue weighted by Crippen LogP contribution is -1.99. The summed E-state index contributed by atoms with van der Waals surface area (Å²) >= 11 is 6.00. The van der Waals surface area contributed by atoms with Gasteiger partial charge in [0.05, 0.1) is 16.0 Å². The van der Waals surface area contributed by atoms with Gasteiger partial charge in [-0.2, -0.15) is 0 Å². The molecule has 0 amide bonds. The molecule has 0 unspecified atom stereocenters. The molecule has 0 aromatic heterocycles. The van der Waals surface area contributed by atoms with Gasteiger partial charge in [-0.05, 0) is 18.6 Å². The van der Waals surface area contributed by atoms with Crippen LogP contribution in [-0.4, -0.2) is 10.0 Å². The summed E-state index contributed by atoms with van der Waals surface area (Å²) in [6.45, 7) is 1.86. The summed E-state index contributed by atoms with van der Waals surface area (Å²) in [6.07, 6.45) is -0.0908.